The summed E-state index contributed by atoms with van der Waals surface area (Å²) in [6, 6.07) is 8.07. The van der Waals surface area contributed by atoms with E-state index >= 15 is 0 Å². The van der Waals surface area contributed by atoms with Crippen LogP contribution in [0.5, 0.6) is 0 Å². The van der Waals surface area contributed by atoms with Crippen molar-refractivity contribution in [2.45, 2.75) is 26.3 Å². The lowest BCUT2D eigenvalue weighted by Crippen LogP contribution is -2.16. The molecule has 0 amide bonds. The highest BCUT2D eigenvalue weighted by molar-refractivity contribution is 6.01. The van der Waals surface area contributed by atoms with E-state index in [-0.39, 0.29) is 12.0 Å². The summed E-state index contributed by atoms with van der Waals surface area (Å²) in [6.45, 7) is 3.86. The highest BCUT2D eigenvalue weighted by atomic mass is 16.5. The van der Waals surface area contributed by atoms with Crippen LogP contribution in [0.15, 0.2) is 36.8 Å². The van der Waals surface area contributed by atoms with Crippen molar-refractivity contribution >= 4 is 27.9 Å². The number of nitrogens with zero attached hydrogens (tertiary/aromatic N) is 3. The molecule has 2 aromatic heterocycles. The zero-order valence-corrected chi connectivity index (χ0v) is 12.1. The van der Waals surface area contributed by atoms with Gasteiger partial charge in [-0.3, -0.25) is 9.78 Å². The second-order valence-corrected chi connectivity index (χ2v) is 5.03. The van der Waals surface area contributed by atoms with E-state index in [9.17, 15) is 4.79 Å². The number of esters is 1. The number of carbonyl (C=O) groups excluding carboxylic acids is 1. The quantitative estimate of drug-likeness (QED) is 0.690. The van der Waals surface area contributed by atoms with Crippen molar-refractivity contribution in [3.05, 3.63) is 36.8 Å². The lowest BCUT2D eigenvalue weighted by molar-refractivity contribution is -0.142. The number of pyridine rings is 1. The highest BCUT2D eigenvalue weighted by Crippen LogP contribution is 2.26. The topological polar surface area (TPSA) is 57.0 Å². The maximum Gasteiger partial charge on any atom is 0.302 e. The lowest BCUT2D eigenvalue weighted by Gasteiger charge is -2.17. The summed E-state index contributed by atoms with van der Waals surface area (Å²) in [5.41, 5.74) is 2.84. The molecule has 3 rings (SSSR count). The molecule has 0 aliphatic rings. The summed E-state index contributed by atoms with van der Waals surface area (Å²) in [6.07, 6.45) is 4.44. The maximum absolute atomic E-state index is 11.1. The van der Waals surface area contributed by atoms with E-state index in [4.69, 9.17) is 4.74 Å². The van der Waals surface area contributed by atoms with Gasteiger partial charge in [-0.25, -0.2) is 4.98 Å². The molecule has 0 fully saturated rings. The van der Waals surface area contributed by atoms with Crippen LogP contribution in [-0.4, -0.2) is 27.1 Å². The molecular formula is C16H17N3O2. The van der Waals surface area contributed by atoms with Crippen LogP contribution in [0.1, 0.15) is 26.3 Å². The number of ether oxygens (including phenoxy) is 1. The van der Waals surface area contributed by atoms with Crippen LogP contribution < -0.4 is 0 Å². The molecule has 0 N–H and O–H groups in total. The van der Waals surface area contributed by atoms with Crippen LogP contribution in [-0.2, 0) is 9.53 Å². The molecule has 5 nitrogen and oxygen atoms in total. The Labute approximate surface area is 122 Å². The smallest absolute Gasteiger partial charge is 0.302 e. The lowest BCUT2D eigenvalue weighted by atomic mass is 10.1. The van der Waals surface area contributed by atoms with E-state index in [0.29, 0.717) is 6.61 Å². The predicted molar refractivity (Wildman–Crippen MR) is 81.0 cm³/mol. The minimum atomic E-state index is -0.260. The molecule has 0 unspecified atom stereocenters. The first-order valence-corrected chi connectivity index (χ1v) is 7.04. The van der Waals surface area contributed by atoms with Gasteiger partial charge in [-0.2, -0.15) is 0 Å². The van der Waals surface area contributed by atoms with Gasteiger partial charge in [0.2, 0.25) is 0 Å². The normalized spacial score (nSPS) is 12.7. The van der Waals surface area contributed by atoms with Crippen LogP contribution in [0.2, 0.25) is 0 Å². The summed E-state index contributed by atoms with van der Waals surface area (Å²) in [4.78, 5) is 19.9. The first-order chi connectivity index (χ1) is 10.2. The zero-order valence-electron chi connectivity index (χ0n) is 12.1. The van der Waals surface area contributed by atoms with Gasteiger partial charge in [0, 0.05) is 12.3 Å². The molecule has 0 radical (unpaired) electrons. The fraction of sp³-hybridized carbons (Fsp3) is 0.312. The van der Waals surface area contributed by atoms with E-state index in [2.05, 4.69) is 21.5 Å². The van der Waals surface area contributed by atoms with E-state index < -0.39 is 0 Å². The van der Waals surface area contributed by atoms with Gasteiger partial charge in [0.25, 0.3) is 0 Å². The first kappa shape index (κ1) is 13.5. The molecule has 0 bridgehead atoms. The summed E-state index contributed by atoms with van der Waals surface area (Å²) in [5, 5.41) is 1.06. The summed E-state index contributed by atoms with van der Waals surface area (Å²) < 4.78 is 7.26. The number of hydrogen-bond acceptors (Lipinski definition) is 4. The van der Waals surface area contributed by atoms with Crippen LogP contribution in [0, 0.1) is 0 Å². The van der Waals surface area contributed by atoms with Crippen molar-refractivity contribution in [1.82, 2.24) is 14.5 Å². The molecule has 1 atom stereocenters. The molecule has 1 aromatic carbocycles. The van der Waals surface area contributed by atoms with Gasteiger partial charge < -0.3 is 9.30 Å². The number of para-hydroxylation sites is 1. The fourth-order valence-electron chi connectivity index (χ4n) is 2.55. The number of hydrogen-bond donors (Lipinski definition) is 0. The summed E-state index contributed by atoms with van der Waals surface area (Å²) in [5.74, 6) is -0.260. The van der Waals surface area contributed by atoms with Crippen molar-refractivity contribution in [2.24, 2.45) is 0 Å². The maximum atomic E-state index is 11.1. The van der Waals surface area contributed by atoms with Crippen molar-refractivity contribution in [2.75, 3.05) is 6.61 Å². The third-order valence-electron chi connectivity index (χ3n) is 3.65. The first-order valence-electron chi connectivity index (χ1n) is 7.04. The number of imidazole rings is 1. The Morgan fingerprint density at radius 3 is 2.86 bits per heavy atom. The van der Waals surface area contributed by atoms with Gasteiger partial charge in [0.15, 0.2) is 0 Å². The van der Waals surface area contributed by atoms with Crippen LogP contribution in [0.4, 0.5) is 0 Å². The van der Waals surface area contributed by atoms with Crippen LogP contribution in [0.25, 0.3) is 21.9 Å². The van der Waals surface area contributed by atoms with Gasteiger partial charge in [-0.05, 0) is 12.5 Å². The van der Waals surface area contributed by atoms with E-state index in [0.717, 1.165) is 28.4 Å². The number of aromatic nitrogens is 3. The Balaban J connectivity index is 2.13. The van der Waals surface area contributed by atoms with Crippen molar-refractivity contribution in [3.63, 3.8) is 0 Å². The third-order valence-corrected chi connectivity index (χ3v) is 3.65. The predicted octanol–water partition coefficient (Wildman–Crippen LogP) is 3.10. The van der Waals surface area contributed by atoms with Gasteiger partial charge in [-0.1, -0.05) is 25.1 Å². The molecule has 0 saturated carbocycles. The average Bonchev–Trinajstić information content (AvgIpc) is 2.92. The Hall–Kier alpha value is -2.43. The Morgan fingerprint density at radius 1 is 1.29 bits per heavy atom. The molecule has 3 aromatic rings. The van der Waals surface area contributed by atoms with Gasteiger partial charge >= 0.3 is 5.97 Å². The van der Waals surface area contributed by atoms with Crippen molar-refractivity contribution < 1.29 is 9.53 Å². The van der Waals surface area contributed by atoms with Gasteiger partial charge in [0.05, 0.1) is 29.6 Å². The zero-order chi connectivity index (χ0) is 14.8. The monoisotopic (exact) mass is 283 g/mol. The average molecular weight is 283 g/mol. The van der Waals surface area contributed by atoms with Crippen molar-refractivity contribution in [1.29, 1.82) is 0 Å². The molecule has 0 spiro atoms. The molecule has 5 heteroatoms. The Morgan fingerprint density at radius 2 is 2.10 bits per heavy atom. The highest BCUT2D eigenvalue weighted by Gasteiger charge is 2.16. The summed E-state index contributed by atoms with van der Waals surface area (Å²) >= 11 is 0. The second-order valence-electron chi connectivity index (χ2n) is 5.03. The minimum absolute atomic E-state index is 0.0738. The molecule has 0 aliphatic carbocycles. The van der Waals surface area contributed by atoms with Crippen molar-refractivity contribution in [3.8, 4) is 0 Å². The molecule has 0 aliphatic heterocycles. The molecular weight excluding hydrogens is 266 g/mol. The van der Waals surface area contributed by atoms with Crippen LogP contribution >= 0.6 is 0 Å². The SMILES string of the molecule is CC[C@H](COC(C)=O)n1cnc2cnc3ccccc3c21. The molecule has 108 valence electrons. The molecule has 0 saturated heterocycles. The number of rotatable bonds is 4. The number of carbonyl (C=O) groups is 1. The second kappa shape index (κ2) is 5.52. The Bertz CT molecular complexity index is 794. The largest absolute Gasteiger partial charge is 0.464 e. The van der Waals surface area contributed by atoms with E-state index in [1.807, 2.05) is 24.3 Å². The number of benzene rings is 1. The standard InChI is InChI=1S/C16H17N3O2/c1-3-12(9-21-11(2)20)19-10-18-15-8-17-14-7-5-4-6-13(14)16(15)19/h4-8,10,12H,3,9H2,1-2H3/t12-/m1/s1. The van der Waals surface area contributed by atoms with Crippen LogP contribution in [0.3, 0.4) is 0 Å². The summed E-state index contributed by atoms with van der Waals surface area (Å²) in [7, 11) is 0. The third kappa shape index (κ3) is 2.46. The van der Waals surface area contributed by atoms with E-state index in [1.165, 1.54) is 6.92 Å². The Kier molecular flexibility index (Phi) is 3.56. The molecule has 2 heterocycles. The van der Waals surface area contributed by atoms with Gasteiger partial charge in [-0.15, -0.1) is 0 Å². The fourth-order valence-corrected chi connectivity index (χ4v) is 2.55. The number of fused-ring (bicyclic) bond motifs is 3. The van der Waals surface area contributed by atoms with Gasteiger partial charge in [0.1, 0.15) is 12.1 Å². The van der Waals surface area contributed by atoms with E-state index in [1.54, 1.807) is 12.5 Å². The minimum Gasteiger partial charge on any atom is -0.464 e. The molecule has 21 heavy (non-hydrogen) atoms.